The molecular weight excluding hydrogens is 363 g/mol. The van der Waals surface area contributed by atoms with Gasteiger partial charge in [-0.3, -0.25) is 4.79 Å². The summed E-state index contributed by atoms with van der Waals surface area (Å²) in [6.07, 6.45) is -11.7. The second-order valence-corrected chi connectivity index (χ2v) is 5.15. The van der Waals surface area contributed by atoms with Crippen LogP contribution in [0.1, 0.15) is 26.7 Å². The van der Waals surface area contributed by atoms with E-state index in [4.69, 9.17) is 5.11 Å². The van der Waals surface area contributed by atoms with Gasteiger partial charge in [0.25, 0.3) is 0 Å². The maximum Gasteiger partial charge on any atom is 0.460 e. The van der Waals surface area contributed by atoms with E-state index >= 15 is 0 Å². The molecule has 0 saturated carbocycles. The molecule has 1 N–H and O–H groups in total. The second kappa shape index (κ2) is 7.36. The van der Waals surface area contributed by atoms with Crippen LogP contribution in [0.2, 0.25) is 0 Å². The summed E-state index contributed by atoms with van der Waals surface area (Å²) in [6, 6.07) is 0. The highest BCUT2D eigenvalue weighted by Crippen LogP contribution is 2.54. The zero-order valence-corrected chi connectivity index (χ0v) is 12.4. The Morgan fingerprint density at radius 2 is 1.46 bits per heavy atom. The van der Waals surface area contributed by atoms with Gasteiger partial charge < -0.3 is 9.84 Å². The third kappa shape index (κ3) is 4.67. The SMILES string of the molecule is CCC(C)C(=O)OCC(O)CC(F)(F)C(F)(F)C(F)(F)C(F)(F)F. The van der Waals surface area contributed by atoms with Gasteiger partial charge in [-0.05, 0) is 6.42 Å². The second-order valence-electron chi connectivity index (χ2n) is 5.15. The smallest absolute Gasteiger partial charge is 0.460 e. The number of carbonyl (C=O) groups excluding carboxylic acids is 1. The summed E-state index contributed by atoms with van der Waals surface area (Å²) in [6.45, 7) is 1.66. The molecule has 12 heteroatoms. The molecule has 0 spiro atoms. The van der Waals surface area contributed by atoms with E-state index in [0.29, 0.717) is 0 Å². The molecule has 0 amide bonds. The molecule has 0 radical (unpaired) electrons. The van der Waals surface area contributed by atoms with Gasteiger partial charge in [0.1, 0.15) is 6.61 Å². The highest BCUT2D eigenvalue weighted by atomic mass is 19.4. The lowest BCUT2D eigenvalue weighted by Crippen LogP contribution is -2.61. The molecule has 0 saturated heterocycles. The van der Waals surface area contributed by atoms with Gasteiger partial charge in [-0.25, -0.2) is 0 Å². The molecule has 2 unspecified atom stereocenters. The summed E-state index contributed by atoms with van der Waals surface area (Å²) < 4.78 is 117. The Morgan fingerprint density at radius 3 is 1.83 bits per heavy atom. The van der Waals surface area contributed by atoms with Crippen molar-refractivity contribution >= 4 is 5.97 Å². The van der Waals surface area contributed by atoms with Crippen LogP contribution in [0, 0.1) is 5.92 Å². The fraction of sp³-hybridized carbons (Fsp3) is 0.917. The van der Waals surface area contributed by atoms with Gasteiger partial charge in [0, 0.05) is 6.42 Å². The number of carbonyl (C=O) groups is 1. The average Bonchev–Trinajstić information content (AvgIpc) is 2.41. The summed E-state index contributed by atoms with van der Waals surface area (Å²) in [5, 5.41) is 9.10. The molecule has 0 aromatic rings. The van der Waals surface area contributed by atoms with Crippen LogP contribution in [0.15, 0.2) is 0 Å². The van der Waals surface area contributed by atoms with E-state index in [1.54, 1.807) is 6.92 Å². The molecular formula is C12H15F9O3. The van der Waals surface area contributed by atoms with Gasteiger partial charge in [0.15, 0.2) is 0 Å². The van der Waals surface area contributed by atoms with Gasteiger partial charge in [0.2, 0.25) is 0 Å². The Kier molecular flexibility index (Phi) is 6.99. The minimum atomic E-state index is -7.02. The highest BCUT2D eigenvalue weighted by molar-refractivity contribution is 5.71. The largest absolute Gasteiger partial charge is 0.463 e. The minimum absolute atomic E-state index is 0.265. The Balaban J connectivity index is 5.03. The van der Waals surface area contributed by atoms with E-state index in [-0.39, 0.29) is 6.42 Å². The third-order valence-electron chi connectivity index (χ3n) is 3.13. The summed E-state index contributed by atoms with van der Waals surface area (Å²) >= 11 is 0. The number of ether oxygens (including phenoxy) is 1. The highest BCUT2D eigenvalue weighted by Gasteiger charge is 2.81. The van der Waals surface area contributed by atoms with Crippen molar-refractivity contribution in [2.75, 3.05) is 6.61 Å². The number of rotatable bonds is 8. The van der Waals surface area contributed by atoms with Crippen LogP contribution in [-0.2, 0) is 9.53 Å². The van der Waals surface area contributed by atoms with Crippen molar-refractivity contribution in [3.63, 3.8) is 0 Å². The maximum atomic E-state index is 13.2. The first-order valence-corrected chi connectivity index (χ1v) is 6.56. The van der Waals surface area contributed by atoms with E-state index in [9.17, 15) is 44.3 Å². The zero-order chi connectivity index (χ0) is 19.6. The number of esters is 1. The molecule has 0 aromatic carbocycles. The lowest BCUT2D eigenvalue weighted by molar-refractivity contribution is -0.398. The summed E-state index contributed by atoms with van der Waals surface area (Å²) in [4.78, 5) is 11.2. The average molecular weight is 378 g/mol. The van der Waals surface area contributed by atoms with Gasteiger partial charge in [0.05, 0.1) is 12.0 Å². The monoisotopic (exact) mass is 378 g/mol. The molecule has 3 nitrogen and oxygen atoms in total. The molecule has 0 rings (SSSR count). The molecule has 0 aromatic heterocycles. The molecule has 144 valence electrons. The van der Waals surface area contributed by atoms with Crippen LogP contribution < -0.4 is 0 Å². The summed E-state index contributed by atoms with van der Waals surface area (Å²) in [7, 11) is 0. The molecule has 0 aliphatic carbocycles. The Labute approximate surface area is 130 Å². The van der Waals surface area contributed by atoms with E-state index in [0.717, 1.165) is 0 Å². The van der Waals surface area contributed by atoms with Crippen molar-refractivity contribution in [2.45, 2.75) is 56.7 Å². The van der Waals surface area contributed by atoms with Crippen molar-refractivity contribution in [3.8, 4) is 0 Å². The fourth-order valence-electron chi connectivity index (χ4n) is 1.38. The zero-order valence-electron chi connectivity index (χ0n) is 12.4. The van der Waals surface area contributed by atoms with Gasteiger partial charge >= 0.3 is 29.9 Å². The number of alkyl halides is 9. The van der Waals surface area contributed by atoms with Crippen LogP contribution in [0.4, 0.5) is 39.5 Å². The standard InChI is InChI=1S/C12H15F9O3/c1-3-6(2)8(23)24-5-7(22)4-9(13,14)10(15,16)11(17,18)12(19,20)21/h6-7,22H,3-5H2,1-2H3. The molecule has 0 aliphatic rings. The van der Waals surface area contributed by atoms with Crippen molar-refractivity contribution in [3.05, 3.63) is 0 Å². The molecule has 0 fully saturated rings. The van der Waals surface area contributed by atoms with Crippen LogP contribution in [0.25, 0.3) is 0 Å². The molecule has 24 heavy (non-hydrogen) atoms. The number of aliphatic hydroxyl groups is 1. The predicted molar refractivity (Wildman–Crippen MR) is 61.9 cm³/mol. The lowest BCUT2D eigenvalue weighted by Gasteiger charge is -2.34. The first kappa shape index (κ1) is 22.8. The first-order valence-electron chi connectivity index (χ1n) is 6.56. The quantitative estimate of drug-likeness (QED) is 0.516. The van der Waals surface area contributed by atoms with Crippen LogP contribution in [-0.4, -0.2) is 47.7 Å². The number of hydrogen-bond donors (Lipinski definition) is 1. The summed E-state index contributed by atoms with van der Waals surface area (Å²) in [5.74, 6) is -21.4. The van der Waals surface area contributed by atoms with Gasteiger partial charge in [-0.1, -0.05) is 13.8 Å². The van der Waals surface area contributed by atoms with E-state index in [1.807, 2.05) is 0 Å². The number of aliphatic hydroxyl groups excluding tert-OH is 1. The minimum Gasteiger partial charge on any atom is -0.463 e. The lowest BCUT2D eigenvalue weighted by atomic mass is 9.98. The van der Waals surface area contributed by atoms with Crippen LogP contribution >= 0.6 is 0 Å². The number of hydrogen-bond acceptors (Lipinski definition) is 3. The predicted octanol–water partition coefficient (Wildman–Crippen LogP) is 3.79. The van der Waals surface area contributed by atoms with Crippen molar-refractivity contribution < 1.29 is 54.2 Å². The van der Waals surface area contributed by atoms with Crippen molar-refractivity contribution in [2.24, 2.45) is 5.92 Å². The van der Waals surface area contributed by atoms with Crippen LogP contribution in [0.5, 0.6) is 0 Å². The maximum absolute atomic E-state index is 13.2. The van der Waals surface area contributed by atoms with Gasteiger partial charge in [-0.2, -0.15) is 39.5 Å². The molecule has 0 aliphatic heterocycles. The number of halogens is 9. The third-order valence-corrected chi connectivity index (χ3v) is 3.13. The molecule has 0 bridgehead atoms. The molecule has 2 atom stereocenters. The Morgan fingerprint density at radius 1 is 1.00 bits per heavy atom. The normalized spacial score (nSPS) is 16.7. The topological polar surface area (TPSA) is 46.5 Å². The van der Waals surface area contributed by atoms with Crippen molar-refractivity contribution in [1.29, 1.82) is 0 Å². The summed E-state index contributed by atoms with van der Waals surface area (Å²) in [5.41, 5.74) is 0. The van der Waals surface area contributed by atoms with Gasteiger partial charge in [-0.15, -0.1) is 0 Å². The van der Waals surface area contributed by atoms with E-state index in [2.05, 4.69) is 4.74 Å². The van der Waals surface area contributed by atoms with E-state index in [1.165, 1.54) is 6.92 Å². The van der Waals surface area contributed by atoms with E-state index < -0.39 is 55.0 Å². The van der Waals surface area contributed by atoms with Crippen molar-refractivity contribution in [1.82, 2.24) is 0 Å². The van der Waals surface area contributed by atoms with Crippen LogP contribution in [0.3, 0.4) is 0 Å². The molecule has 0 heterocycles. The first-order chi connectivity index (χ1) is 10.5. The Bertz CT molecular complexity index is 434. The Hall–Kier alpha value is -1.20. The fourth-order valence-corrected chi connectivity index (χ4v) is 1.38.